The zero-order valence-corrected chi connectivity index (χ0v) is 14.0. The van der Waals surface area contributed by atoms with E-state index in [1.165, 1.54) is 10.9 Å². The summed E-state index contributed by atoms with van der Waals surface area (Å²) in [6.45, 7) is 3.14. The minimum atomic E-state index is -2.02. The van der Waals surface area contributed by atoms with Crippen molar-refractivity contribution in [1.29, 1.82) is 0 Å². The molecule has 0 amide bonds. The van der Waals surface area contributed by atoms with Crippen LogP contribution in [0.25, 0.3) is 0 Å². The number of rotatable bonds is 2. The average molecular weight is 299 g/mol. The van der Waals surface area contributed by atoms with Crippen LogP contribution in [0.5, 0.6) is 0 Å². The molecule has 2 atom stereocenters. The first-order valence-electron chi connectivity index (χ1n) is 7.60. The third-order valence-corrected chi connectivity index (χ3v) is 8.83. The first-order valence-corrected chi connectivity index (χ1v) is 9.96. The van der Waals surface area contributed by atoms with Crippen molar-refractivity contribution in [3.05, 3.63) is 66.2 Å². The molecule has 3 rings (SSSR count). The molecule has 0 aliphatic carbocycles. The third kappa shape index (κ3) is 2.66. The van der Waals surface area contributed by atoms with E-state index in [2.05, 4.69) is 86.9 Å². The number of benzene rings is 2. The van der Waals surface area contributed by atoms with E-state index in [1.807, 2.05) is 0 Å². The standard InChI is InChI=1S/C17H23BNOP/c1-14-17(15-9-5-3-6-10-15)13-20-21(18,19(14)2)16-11-7-4-8-12-16/h3-12,14,17,21H,13,18H2,1-2H3/t14-,17-/m0/s1. The molecule has 110 valence electrons. The monoisotopic (exact) mass is 299 g/mol. The number of likely N-dealkylation sites (N-methyl/N-ethyl adjacent to an activating group) is 1. The third-order valence-electron chi connectivity index (χ3n) is 4.95. The molecule has 2 aromatic carbocycles. The van der Waals surface area contributed by atoms with Crippen molar-refractivity contribution in [1.82, 2.24) is 4.67 Å². The molecule has 0 bridgehead atoms. The average Bonchev–Trinajstić information content (AvgIpc) is 2.54. The van der Waals surface area contributed by atoms with Gasteiger partial charge >= 0.3 is 128 Å². The molecule has 2 nitrogen and oxygen atoms in total. The summed E-state index contributed by atoms with van der Waals surface area (Å²) in [5, 5.41) is 1.35. The van der Waals surface area contributed by atoms with E-state index >= 15 is 0 Å². The number of hydrogen-bond donors (Lipinski definition) is 0. The van der Waals surface area contributed by atoms with E-state index in [0.29, 0.717) is 12.0 Å². The van der Waals surface area contributed by atoms with Gasteiger partial charge in [-0.3, -0.25) is 0 Å². The Labute approximate surface area is 129 Å². The predicted octanol–water partition coefficient (Wildman–Crippen LogP) is 2.57. The molecule has 1 fully saturated rings. The van der Waals surface area contributed by atoms with Gasteiger partial charge in [0.1, 0.15) is 0 Å². The Kier molecular flexibility index (Phi) is 4.17. The fraction of sp³-hybridized carbons (Fsp3) is 0.294. The first kappa shape index (κ1) is 14.8. The molecular weight excluding hydrogens is 276 g/mol. The molecule has 0 N–H and O–H groups in total. The van der Waals surface area contributed by atoms with Crippen molar-refractivity contribution < 1.29 is 4.52 Å². The van der Waals surface area contributed by atoms with Crippen LogP contribution in [0.4, 0.5) is 0 Å². The normalized spacial score (nSPS) is 27.1. The van der Waals surface area contributed by atoms with Crippen LogP contribution < -0.4 is 5.30 Å². The Morgan fingerprint density at radius 2 is 1.62 bits per heavy atom. The van der Waals surface area contributed by atoms with Gasteiger partial charge in [0.2, 0.25) is 0 Å². The van der Waals surface area contributed by atoms with Crippen LogP contribution in [0.1, 0.15) is 18.4 Å². The zero-order valence-electron chi connectivity index (χ0n) is 13.0. The van der Waals surface area contributed by atoms with Crippen LogP contribution in [-0.4, -0.2) is 31.9 Å². The van der Waals surface area contributed by atoms with Gasteiger partial charge < -0.3 is 0 Å². The molecule has 21 heavy (non-hydrogen) atoms. The topological polar surface area (TPSA) is 12.5 Å². The van der Waals surface area contributed by atoms with Gasteiger partial charge in [-0.25, -0.2) is 0 Å². The van der Waals surface area contributed by atoms with Crippen LogP contribution >= 0.6 is 7.52 Å². The van der Waals surface area contributed by atoms with E-state index < -0.39 is 7.52 Å². The molecule has 1 heterocycles. The van der Waals surface area contributed by atoms with Crippen molar-refractivity contribution in [2.45, 2.75) is 18.9 Å². The number of nitrogens with zero attached hydrogens (tertiary/aromatic N) is 1. The summed E-state index contributed by atoms with van der Waals surface area (Å²) >= 11 is 0. The molecule has 2 aromatic rings. The van der Waals surface area contributed by atoms with Crippen LogP contribution in [0.2, 0.25) is 0 Å². The molecule has 0 spiro atoms. The summed E-state index contributed by atoms with van der Waals surface area (Å²) in [6, 6.07) is 21.9. The van der Waals surface area contributed by atoms with E-state index in [0.717, 1.165) is 6.61 Å². The molecule has 0 saturated carbocycles. The summed E-state index contributed by atoms with van der Waals surface area (Å²) in [6.07, 6.45) is 0. The first-order chi connectivity index (χ1) is 10.1. The van der Waals surface area contributed by atoms with Crippen LogP contribution in [0.15, 0.2) is 60.7 Å². The zero-order chi connectivity index (χ0) is 14.9. The maximum absolute atomic E-state index is 6.47. The second kappa shape index (κ2) is 5.92. The fourth-order valence-corrected chi connectivity index (χ4v) is 6.31. The second-order valence-corrected chi connectivity index (χ2v) is 9.57. The Hall–Kier alpha value is -1.15. The van der Waals surface area contributed by atoms with Crippen molar-refractivity contribution in [2.24, 2.45) is 0 Å². The molecule has 1 aliphatic rings. The predicted molar refractivity (Wildman–Crippen MR) is 95.3 cm³/mol. The summed E-state index contributed by atoms with van der Waals surface area (Å²) in [7, 11) is 2.51. The van der Waals surface area contributed by atoms with Crippen LogP contribution in [-0.2, 0) is 4.52 Å². The van der Waals surface area contributed by atoms with E-state index in [-0.39, 0.29) is 0 Å². The molecule has 0 aromatic heterocycles. The van der Waals surface area contributed by atoms with E-state index in [1.54, 1.807) is 0 Å². The van der Waals surface area contributed by atoms with Gasteiger partial charge in [0.05, 0.1) is 0 Å². The van der Waals surface area contributed by atoms with Crippen LogP contribution in [0.3, 0.4) is 0 Å². The Bertz CT molecular complexity index is 594. The van der Waals surface area contributed by atoms with Gasteiger partial charge in [-0.05, 0) is 0 Å². The van der Waals surface area contributed by atoms with Gasteiger partial charge in [-0.2, -0.15) is 0 Å². The molecule has 4 heteroatoms. The second-order valence-electron chi connectivity index (χ2n) is 6.03. The van der Waals surface area contributed by atoms with Gasteiger partial charge in [0.25, 0.3) is 0 Å². The summed E-state index contributed by atoms with van der Waals surface area (Å²) < 4.78 is 8.96. The van der Waals surface area contributed by atoms with E-state index in [4.69, 9.17) is 4.52 Å². The molecule has 1 aliphatic heterocycles. The van der Waals surface area contributed by atoms with Gasteiger partial charge in [0, 0.05) is 0 Å². The summed E-state index contributed by atoms with van der Waals surface area (Å²) in [5.41, 5.74) is 1.38. The van der Waals surface area contributed by atoms with Crippen molar-refractivity contribution in [3.8, 4) is 0 Å². The summed E-state index contributed by atoms with van der Waals surface area (Å²) in [5.74, 6) is 0.445. The molecule has 0 unspecified atom stereocenters. The quantitative estimate of drug-likeness (QED) is 0.624. The van der Waals surface area contributed by atoms with Crippen LogP contribution in [0, 0.1) is 0 Å². The van der Waals surface area contributed by atoms with Crippen molar-refractivity contribution in [3.63, 3.8) is 0 Å². The fourth-order valence-electron chi connectivity index (χ4n) is 3.26. The van der Waals surface area contributed by atoms with E-state index in [9.17, 15) is 0 Å². The van der Waals surface area contributed by atoms with Crippen molar-refractivity contribution in [2.75, 3.05) is 13.7 Å². The molecule has 0 radical (unpaired) electrons. The minimum absolute atomic E-state index is 0.445. The van der Waals surface area contributed by atoms with Gasteiger partial charge in [0.15, 0.2) is 0 Å². The number of hydrogen-bond acceptors (Lipinski definition) is 2. The van der Waals surface area contributed by atoms with Gasteiger partial charge in [-0.1, -0.05) is 0 Å². The molecular formula is C17H23BNOP. The van der Waals surface area contributed by atoms with Gasteiger partial charge in [-0.15, -0.1) is 0 Å². The maximum atomic E-state index is 6.47. The Balaban J connectivity index is 1.88. The molecule has 1 saturated heterocycles. The Morgan fingerprint density at radius 1 is 1.05 bits per heavy atom. The van der Waals surface area contributed by atoms with Crippen molar-refractivity contribution >= 4 is 20.4 Å². The Morgan fingerprint density at radius 3 is 2.24 bits per heavy atom. The summed E-state index contributed by atoms with van der Waals surface area (Å²) in [4.78, 5) is 0. The SMILES string of the molecule is B[PH]1(c2ccccc2)OC[C@H](c2ccccc2)[C@H](C)N1C.